The van der Waals surface area contributed by atoms with Gasteiger partial charge in [-0.15, -0.1) is 11.8 Å². The molecule has 7 heteroatoms. The standard InChI is InChI=1S/C15H16FN3O2S/c16-11-3-1-10(2-4-11)15-19-12(7-21-15)5-6-17-14(20)13-8-22-9-18-13/h1-4,7,13,18H,5-6,8-9H2,(H,17,20). The maximum Gasteiger partial charge on any atom is 0.238 e. The first-order valence-electron chi connectivity index (χ1n) is 7.01. The average Bonchev–Trinajstić information content (AvgIpc) is 3.19. The van der Waals surface area contributed by atoms with Crippen LogP contribution in [-0.4, -0.2) is 35.1 Å². The van der Waals surface area contributed by atoms with E-state index in [2.05, 4.69) is 15.6 Å². The van der Waals surface area contributed by atoms with Crippen LogP contribution in [0.2, 0.25) is 0 Å². The third kappa shape index (κ3) is 3.66. The van der Waals surface area contributed by atoms with Crippen molar-refractivity contribution in [3.05, 3.63) is 42.0 Å². The fraction of sp³-hybridized carbons (Fsp3) is 0.333. The Morgan fingerprint density at radius 2 is 2.27 bits per heavy atom. The molecule has 3 rings (SSSR count). The minimum Gasteiger partial charge on any atom is -0.444 e. The van der Waals surface area contributed by atoms with Gasteiger partial charge in [0.05, 0.1) is 11.7 Å². The van der Waals surface area contributed by atoms with E-state index in [1.165, 1.54) is 12.1 Å². The number of hydrogen-bond donors (Lipinski definition) is 2. The van der Waals surface area contributed by atoms with Gasteiger partial charge in [-0.25, -0.2) is 9.37 Å². The highest BCUT2D eigenvalue weighted by Crippen LogP contribution is 2.19. The Kier molecular flexibility index (Phi) is 4.74. The minimum atomic E-state index is -0.295. The van der Waals surface area contributed by atoms with Crippen LogP contribution in [0.4, 0.5) is 4.39 Å². The van der Waals surface area contributed by atoms with Crippen LogP contribution in [0.5, 0.6) is 0 Å². The van der Waals surface area contributed by atoms with Gasteiger partial charge in [-0.2, -0.15) is 0 Å². The van der Waals surface area contributed by atoms with Gasteiger partial charge in [0.15, 0.2) is 0 Å². The molecule has 0 bridgehead atoms. The van der Waals surface area contributed by atoms with Crippen molar-refractivity contribution in [3.63, 3.8) is 0 Å². The zero-order valence-corrected chi connectivity index (χ0v) is 12.7. The van der Waals surface area contributed by atoms with Crippen LogP contribution in [0.3, 0.4) is 0 Å². The molecule has 2 heterocycles. The molecular formula is C15H16FN3O2S. The Hall–Kier alpha value is -1.86. The zero-order valence-electron chi connectivity index (χ0n) is 11.8. The van der Waals surface area contributed by atoms with Gasteiger partial charge in [0, 0.05) is 30.2 Å². The van der Waals surface area contributed by atoms with Crippen LogP contribution < -0.4 is 10.6 Å². The molecule has 1 fully saturated rings. The van der Waals surface area contributed by atoms with Crippen LogP contribution in [0.1, 0.15) is 5.69 Å². The fourth-order valence-electron chi connectivity index (χ4n) is 2.15. The van der Waals surface area contributed by atoms with Crippen LogP contribution in [0.15, 0.2) is 34.9 Å². The van der Waals surface area contributed by atoms with E-state index in [9.17, 15) is 9.18 Å². The maximum atomic E-state index is 12.9. The molecule has 1 amide bonds. The molecule has 1 atom stereocenters. The smallest absolute Gasteiger partial charge is 0.238 e. The highest BCUT2D eigenvalue weighted by atomic mass is 32.2. The van der Waals surface area contributed by atoms with E-state index in [1.54, 1.807) is 30.2 Å². The van der Waals surface area contributed by atoms with Crippen LogP contribution in [-0.2, 0) is 11.2 Å². The van der Waals surface area contributed by atoms with Gasteiger partial charge < -0.3 is 9.73 Å². The number of hydrogen-bond acceptors (Lipinski definition) is 5. The number of amides is 1. The lowest BCUT2D eigenvalue weighted by Crippen LogP contribution is -2.42. The first kappa shape index (κ1) is 15.1. The number of carbonyl (C=O) groups excluding carboxylic acids is 1. The van der Waals surface area contributed by atoms with E-state index in [1.807, 2.05) is 0 Å². The number of carbonyl (C=O) groups is 1. The largest absolute Gasteiger partial charge is 0.444 e. The van der Waals surface area contributed by atoms with Gasteiger partial charge in [0.1, 0.15) is 12.1 Å². The first-order chi connectivity index (χ1) is 10.7. The zero-order chi connectivity index (χ0) is 15.4. The molecule has 0 radical (unpaired) electrons. The molecule has 0 aliphatic carbocycles. The highest BCUT2D eigenvalue weighted by molar-refractivity contribution is 7.99. The van der Waals surface area contributed by atoms with Crippen molar-refractivity contribution in [2.75, 3.05) is 18.2 Å². The lowest BCUT2D eigenvalue weighted by atomic mass is 10.2. The molecule has 1 unspecified atom stereocenters. The number of benzene rings is 1. The first-order valence-corrected chi connectivity index (χ1v) is 8.17. The van der Waals surface area contributed by atoms with Gasteiger partial charge in [-0.3, -0.25) is 10.1 Å². The third-order valence-electron chi connectivity index (χ3n) is 3.36. The summed E-state index contributed by atoms with van der Waals surface area (Å²) in [5, 5.41) is 6.00. The second kappa shape index (κ2) is 6.93. The molecule has 1 saturated heterocycles. The normalized spacial score (nSPS) is 17.6. The Morgan fingerprint density at radius 3 is 3.00 bits per heavy atom. The number of thioether (sulfide) groups is 1. The Balaban J connectivity index is 1.51. The van der Waals surface area contributed by atoms with E-state index >= 15 is 0 Å². The molecule has 0 saturated carbocycles. The summed E-state index contributed by atoms with van der Waals surface area (Å²) in [6.07, 6.45) is 2.16. The molecule has 0 spiro atoms. The lowest BCUT2D eigenvalue weighted by molar-refractivity contribution is -0.122. The van der Waals surface area contributed by atoms with Crippen LogP contribution in [0, 0.1) is 5.82 Å². The number of nitrogens with one attached hydrogen (secondary N) is 2. The number of rotatable bonds is 5. The number of aromatic nitrogens is 1. The molecule has 116 valence electrons. The molecule has 2 aromatic rings. The van der Waals surface area contributed by atoms with Crippen molar-refractivity contribution in [2.24, 2.45) is 0 Å². The van der Waals surface area contributed by atoms with Crippen molar-refractivity contribution >= 4 is 17.7 Å². The highest BCUT2D eigenvalue weighted by Gasteiger charge is 2.21. The third-order valence-corrected chi connectivity index (χ3v) is 4.30. The summed E-state index contributed by atoms with van der Waals surface area (Å²) >= 11 is 1.72. The molecule has 2 N–H and O–H groups in total. The summed E-state index contributed by atoms with van der Waals surface area (Å²) in [5.74, 6) is 1.81. The summed E-state index contributed by atoms with van der Waals surface area (Å²) in [6, 6.07) is 5.88. The quantitative estimate of drug-likeness (QED) is 0.879. The Bertz CT molecular complexity index is 638. The number of halogens is 1. The topological polar surface area (TPSA) is 67.2 Å². The van der Waals surface area contributed by atoms with E-state index in [0.717, 1.165) is 22.9 Å². The molecule has 22 heavy (non-hydrogen) atoms. The monoisotopic (exact) mass is 321 g/mol. The predicted octanol–water partition coefficient (Wildman–Crippen LogP) is 1.80. The summed E-state index contributed by atoms with van der Waals surface area (Å²) in [6.45, 7) is 0.511. The molecular weight excluding hydrogens is 305 g/mol. The van der Waals surface area contributed by atoms with E-state index in [4.69, 9.17) is 4.42 Å². The van der Waals surface area contributed by atoms with Crippen molar-refractivity contribution in [1.82, 2.24) is 15.6 Å². The van der Waals surface area contributed by atoms with Crippen molar-refractivity contribution in [2.45, 2.75) is 12.5 Å². The molecule has 1 aromatic carbocycles. The Morgan fingerprint density at radius 1 is 1.45 bits per heavy atom. The molecule has 1 aromatic heterocycles. The fourth-order valence-corrected chi connectivity index (χ4v) is 3.09. The second-order valence-electron chi connectivity index (χ2n) is 4.96. The second-order valence-corrected chi connectivity index (χ2v) is 5.99. The van der Waals surface area contributed by atoms with Crippen LogP contribution >= 0.6 is 11.8 Å². The summed E-state index contributed by atoms with van der Waals surface area (Å²) in [4.78, 5) is 16.2. The van der Waals surface area contributed by atoms with Gasteiger partial charge in [-0.1, -0.05) is 0 Å². The number of nitrogens with zero attached hydrogens (tertiary/aromatic N) is 1. The van der Waals surface area contributed by atoms with Gasteiger partial charge in [0.25, 0.3) is 0 Å². The van der Waals surface area contributed by atoms with Gasteiger partial charge in [-0.05, 0) is 24.3 Å². The van der Waals surface area contributed by atoms with Crippen molar-refractivity contribution in [3.8, 4) is 11.5 Å². The SMILES string of the molecule is O=C(NCCc1coc(-c2ccc(F)cc2)n1)C1CSCN1. The van der Waals surface area contributed by atoms with Crippen LogP contribution in [0.25, 0.3) is 11.5 Å². The predicted molar refractivity (Wildman–Crippen MR) is 82.9 cm³/mol. The summed E-state index contributed by atoms with van der Waals surface area (Å²) in [7, 11) is 0. The molecule has 1 aliphatic heterocycles. The Labute approximate surface area is 131 Å². The summed E-state index contributed by atoms with van der Waals surface area (Å²) < 4.78 is 18.3. The summed E-state index contributed by atoms with van der Waals surface area (Å²) in [5.41, 5.74) is 1.48. The molecule has 1 aliphatic rings. The number of oxazole rings is 1. The van der Waals surface area contributed by atoms with Crippen molar-refractivity contribution in [1.29, 1.82) is 0 Å². The van der Waals surface area contributed by atoms with E-state index < -0.39 is 0 Å². The van der Waals surface area contributed by atoms with Crippen molar-refractivity contribution < 1.29 is 13.6 Å². The minimum absolute atomic E-state index is 0.0206. The average molecular weight is 321 g/mol. The maximum absolute atomic E-state index is 12.9. The van der Waals surface area contributed by atoms with E-state index in [-0.39, 0.29) is 17.8 Å². The van der Waals surface area contributed by atoms with E-state index in [0.29, 0.717) is 18.9 Å². The van der Waals surface area contributed by atoms with Gasteiger partial charge >= 0.3 is 0 Å². The van der Waals surface area contributed by atoms with Gasteiger partial charge in [0.2, 0.25) is 11.8 Å². The molecule has 5 nitrogen and oxygen atoms in total. The lowest BCUT2D eigenvalue weighted by Gasteiger charge is -2.09.